The van der Waals surface area contributed by atoms with Crippen LogP contribution in [0.1, 0.15) is 12.8 Å². The maximum Gasteiger partial charge on any atom is 0.233 e. The molecule has 0 atom stereocenters. The molecule has 1 amide bonds. The van der Waals surface area contributed by atoms with Crippen molar-refractivity contribution in [2.75, 3.05) is 39.9 Å². The minimum Gasteiger partial charge on any atom is -0.358 e. The van der Waals surface area contributed by atoms with E-state index in [2.05, 4.69) is 10.2 Å². The lowest BCUT2D eigenvalue weighted by Gasteiger charge is -2.37. The molecule has 2 heterocycles. The number of carbonyl (C=O) groups is 1. The van der Waals surface area contributed by atoms with E-state index in [9.17, 15) is 4.79 Å². The van der Waals surface area contributed by atoms with Gasteiger partial charge in [-0.1, -0.05) is 0 Å². The molecule has 0 unspecified atom stereocenters. The van der Waals surface area contributed by atoms with Crippen LogP contribution in [0, 0.1) is 0 Å². The van der Waals surface area contributed by atoms with Crippen LogP contribution < -0.4 is 5.32 Å². The molecule has 2 fully saturated rings. The summed E-state index contributed by atoms with van der Waals surface area (Å²) in [6, 6.07) is 0. The Hall–Kier alpha value is -0.650. The van der Waals surface area contributed by atoms with Gasteiger partial charge in [-0.05, 0) is 0 Å². The number of hydrogen-bond donors (Lipinski definition) is 1. The topological polar surface area (TPSA) is 50.8 Å². The fourth-order valence-electron chi connectivity index (χ4n) is 2.12. The van der Waals surface area contributed by atoms with Crippen molar-refractivity contribution in [1.82, 2.24) is 10.2 Å². The van der Waals surface area contributed by atoms with E-state index in [-0.39, 0.29) is 11.7 Å². The van der Waals surface area contributed by atoms with Crippen molar-refractivity contribution in [3.05, 3.63) is 0 Å². The van der Waals surface area contributed by atoms with Gasteiger partial charge in [-0.15, -0.1) is 0 Å². The summed E-state index contributed by atoms with van der Waals surface area (Å²) in [6.45, 7) is 3.62. The van der Waals surface area contributed by atoms with Crippen LogP contribution in [0.25, 0.3) is 0 Å². The summed E-state index contributed by atoms with van der Waals surface area (Å²) in [4.78, 5) is 13.3. The van der Waals surface area contributed by atoms with E-state index in [0.717, 1.165) is 25.9 Å². The lowest BCUT2D eigenvalue weighted by Crippen LogP contribution is -2.47. The maximum atomic E-state index is 11.2. The molecule has 0 aliphatic carbocycles. The lowest BCUT2D eigenvalue weighted by atomic mass is 10.0. The Labute approximate surface area is 89.7 Å². The number of hydrogen-bond acceptors (Lipinski definition) is 4. The first-order chi connectivity index (χ1) is 7.24. The summed E-state index contributed by atoms with van der Waals surface area (Å²) in [7, 11) is 1.66. The quantitative estimate of drug-likeness (QED) is 0.678. The average molecular weight is 214 g/mol. The van der Waals surface area contributed by atoms with Gasteiger partial charge in [0.15, 0.2) is 5.79 Å². The maximum absolute atomic E-state index is 11.2. The van der Waals surface area contributed by atoms with Gasteiger partial charge < -0.3 is 14.8 Å². The molecule has 5 heteroatoms. The number of likely N-dealkylation sites (N-methyl/N-ethyl adjacent to an activating group) is 1. The standard InChI is InChI=1S/C10H18N2O3/c1-11-9(13)8-12-4-2-10(3-5-12)14-6-7-15-10/h2-8H2,1H3,(H,11,13). The summed E-state index contributed by atoms with van der Waals surface area (Å²) >= 11 is 0. The molecule has 0 aromatic heterocycles. The van der Waals surface area contributed by atoms with Crippen molar-refractivity contribution in [1.29, 1.82) is 0 Å². The van der Waals surface area contributed by atoms with Crippen LogP contribution in [0.3, 0.4) is 0 Å². The molecule has 0 aromatic carbocycles. The number of likely N-dealkylation sites (tertiary alicyclic amines) is 1. The van der Waals surface area contributed by atoms with Gasteiger partial charge in [-0.25, -0.2) is 0 Å². The van der Waals surface area contributed by atoms with E-state index in [1.165, 1.54) is 0 Å². The zero-order valence-corrected chi connectivity index (χ0v) is 9.12. The van der Waals surface area contributed by atoms with Gasteiger partial charge in [0.05, 0.1) is 19.8 Å². The fourth-order valence-corrected chi connectivity index (χ4v) is 2.12. The summed E-state index contributed by atoms with van der Waals surface area (Å²) < 4.78 is 11.2. The van der Waals surface area contributed by atoms with E-state index in [0.29, 0.717) is 19.8 Å². The molecule has 0 bridgehead atoms. The Morgan fingerprint density at radius 3 is 2.47 bits per heavy atom. The van der Waals surface area contributed by atoms with Crippen molar-refractivity contribution in [3.8, 4) is 0 Å². The number of carbonyl (C=O) groups excluding carboxylic acids is 1. The molecule has 0 radical (unpaired) electrons. The smallest absolute Gasteiger partial charge is 0.233 e. The molecule has 0 aromatic rings. The number of ether oxygens (including phenoxy) is 2. The summed E-state index contributed by atoms with van der Waals surface area (Å²) in [5.41, 5.74) is 0. The summed E-state index contributed by atoms with van der Waals surface area (Å²) in [6.07, 6.45) is 1.73. The minimum atomic E-state index is -0.334. The van der Waals surface area contributed by atoms with Crippen LogP contribution in [0.5, 0.6) is 0 Å². The van der Waals surface area contributed by atoms with Gasteiger partial charge in [0.1, 0.15) is 0 Å². The van der Waals surface area contributed by atoms with Crippen LogP contribution in [0.15, 0.2) is 0 Å². The number of nitrogens with one attached hydrogen (secondary N) is 1. The molecule has 86 valence electrons. The first-order valence-electron chi connectivity index (χ1n) is 5.45. The molecule has 0 saturated carbocycles. The van der Waals surface area contributed by atoms with Crippen molar-refractivity contribution in [2.45, 2.75) is 18.6 Å². The highest BCUT2D eigenvalue weighted by Crippen LogP contribution is 2.30. The molecule has 2 rings (SSSR count). The van der Waals surface area contributed by atoms with Gasteiger partial charge in [0.2, 0.25) is 5.91 Å². The van der Waals surface area contributed by atoms with Crippen molar-refractivity contribution in [2.24, 2.45) is 0 Å². The highest BCUT2D eigenvalue weighted by molar-refractivity contribution is 5.77. The zero-order valence-electron chi connectivity index (χ0n) is 9.12. The third-order valence-corrected chi connectivity index (χ3v) is 3.08. The second kappa shape index (κ2) is 4.47. The minimum absolute atomic E-state index is 0.0687. The second-order valence-corrected chi connectivity index (χ2v) is 4.06. The first kappa shape index (κ1) is 10.9. The first-order valence-corrected chi connectivity index (χ1v) is 5.45. The number of nitrogens with zero attached hydrogens (tertiary/aromatic N) is 1. The molecule has 1 spiro atoms. The monoisotopic (exact) mass is 214 g/mol. The fraction of sp³-hybridized carbons (Fsp3) is 0.900. The van der Waals surface area contributed by atoms with Crippen molar-refractivity contribution in [3.63, 3.8) is 0 Å². The van der Waals surface area contributed by atoms with E-state index in [4.69, 9.17) is 9.47 Å². The average Bonchev–Trinajstić information content (AvgIpc) is 2.70. The van der Waals surface area contributed by atoms with Crippen LogP contribution >= 0.6 is 0 Å². The zero-order chi connectivity index (χ0) is 10.7. The molecule has 15 heavy (non-hydrogen) atoms. The van der Waals surface area contributed by atoms with Gasteiger partial charge in [-0.2, -0.15) is 0 Å². The third kappa shape index (κ3) is 2.48. The van der Waals surface area contributed by atoms with Crippen LogP contribution in [-0.4, -0.2) is 56.5 Å². The predicted molar refractivity (Wildman–Crippen MR) is 54.4 cm³/mol. The molecule has 1 N–H and O–H groups in total. The SMILES string of the molecule is CNC(=O)CN1CCC2(CC1)OCCO2. The molecule has 2 saturated heterocycles. The summed E-state index contributed by atoms with van der Waals surface area (Å²) in [5, 5.41) is 2.63. The highest BCUT2D eigenvalue weighted by atomic mass is 16.7. The molecule has 2 aliphatic heterocycles. The van der Waals surface area contributed by atoms with E-state index in [1.807, 2.05) is 0 Å². The van der Waals surface area contributed by atoms with Crippen molar-refractivity contribution < 1.29 is 14.3 Å². The Bertz CT molecular complexity index is 229. The number of rotatable bonds is 2. The van der Waals surface area contributed by atoms with Gasteiger partial charge in [0, 0.05) is 33.0 Å². The second-order valence-electron chi connectivity index (χ2n) is 4.06. The lowest BCUT2D eigenvalue weighted by molar-refractivity contribution is -0.185. The Balaban J connectivity index is 1.79. The largest absolute Gasteiger partial charge is 0.358 e. The van der Waals surface area contributed by atoms with Crippen LogP contribution in [0.4, 0.5) is 0 Å². The summed E-state index contributed by atoms with van der Waals surface area (Å²) in [5.74, 6) is -0.265. The predicted octanol–water partition coefficient (Wildman–Crippen LogP) is -0.429. The Morgan fingerprint density at radius 1 is 1.33 bits per heavy atom. The van der Waals surface area contributed by atoms with Gasteiger partial charge in [0.25, 0.3) is 0 Å². The third-order valence-electron chi connectivity index (χ3n) is 3.08. The van der Waals surface area contributed by atoms with E-state index >= 15 is 0 Å². The molecule has 2 aliphatic rings. The van der Waals surface area contributed by atoms with Crippen LogP contribution in [-0.2, 0) is 14.3 Å². The molecular weight excluding hydrogens is 196 g/mol. The van der Waals surface area contributed by atoms with E-state index < -0.39 is 0 Å². The van der Waals surface area contributed by atoms with E-state index in [1.54, 1.807) is 7.05 Å². The normalized spacial score (nSPS) is 25.7. The molecule has 5 nitrogen and oxygen atoms in total. The number of piperidine rings is 1. The highest BCUT2D eigenvalue weighted by Gasteiger charge is 2.39. The van der Waals surface area contributed by atoms with Crippen molar-refractivity contribution >= 4 is 5.91 Å². The van der Waals surface area contributed by atoms with Gasteiger partial charge in [-0.3, -0.25) is 9.69 Å². The number of amides is 1. The Morgan fingerprint density at radius 2 is 1.93 bits per heavy atom. The Kier molecular flexibility index (Phi) is 3.23. The molecular formula is C10H18N2O3. The van der Waals surface area contributed by atoms with Gasteiger partial charge >= 0.3 is 0 Å². The van der Waals surface area contributed by atoms with Crippen LogP contribution in [0.2, 0.25) is 0 Å².